The summed E-state index contributed by atoms with van der Waals surface area (Å²) in [5.41, 5.74) is 3.90. The van der Waals surface area contributed by atoms with Crippen molar-refractivity contribution in [2.75, 3.05) is 67.7 Å². The van der Waals surface area contributed by atoms with Gasteiger partial charge in [0.2, 0.25) is 5.95 Å². The monoisotopic (exact) mass is 650 g/mol. The molecule has 6 rings (SSSR count). The van der Waals surface area contributed by atoms with Gasteiger partial charge < -0.3 is 30.5 Å². The number of methoxy groups -OCH3 is 1. The van der Waals surface area contributed by atoms with E-state index < -0.39 is 11.7 Å². The number of allylic oxidation sites excluding steroid dienone is 1. The van der Waals surface area contributed by atoms with E-state index in [1.807, 2.05) is 50.2 Å². The van der Waals surface area contributed by atoms with E-state index in [0.29, 0.717) is 23.5 Å². The summed E-state index contributed by atoms with van der Waals surface area (Å²) in [6.45, 7) is 15.8. The molecule has 12 heteroatoms. The van der Waals surface area contributed by atoms with Gasteiger partial charge in [0, 0.05) is 73.0 Å². The molecule has 3 N–H and O–H groups in total. The number of ether oxygens (including phenoxy) is 1. The highest BCUT2D eigenvalue weighted by molar-refractivity contribution is 5.71. The van der Waals surface area contributed by atoms with Gasteiger partial charge in [-0.15, -0.1) is 0 Å². The van der Waals surface area contributed by atoms with E-state index in [2.05, 4.69) is 61.2 Å². The van der Waals surface area contributed by atoms with Crippen LogP contribution in [0.3, 0.4) is 0 Å². The number of benzene rings is 2. The quantitative estimate of drug-likeness (QED) is 0.247. The molecule has 2 aromatic carbocycles. The van der Waals surface area contributed by atoms with Crippen molar-refractivity contribution >= 4 is 28.8 Å². The largest absolute Gasteiger partial charge is 0.494 e. The summed E-state index contributed by atoms with van der Waals surface area (Å²) in [7, 11) is 3.77. The number of nitrogens with one attached hydrogen (secondary N) is 3. The molecule has 3 aliphatic rings. The molecular formula is C35H45F3N8O. The van der Waals surface area contributed by atoms with Crippen molar-refractivity contribution in [3.8, 4) is 5.75 Å². The molecule has 252 valence electrons. The third-order valence-corrected chi connectivity index (χ3v) is 9.99. The highest BCUT2D eigenvalue weighted by atomic mass is 19.4. The number of hydrogen-bond acceptors (Lipinski definition) is 9. The fourth-order valence-corrected chi connectivity index (χ4v) is 7.20. The molecule has 0 saturated carbocycles. The van der Waals surface area contributed by atoms with Crippen molar-refractivity contribution in [2.24, 2.45) is 0 Å². The number of anilines is 5. The van der Waals surface area contributed by atoms with Crippen molar-refractivity contribution in [3.63, 3.8) is 0 Å². The molecule has 2 saturated heterocycles. The zero-order chi connectivity index (χ0) is 33.5. The predicted octanol–water partition coefficient (Wildman–Crippen LogP) is 6.68. The van der Waals surface area contributed by atoms with Crippen LogP contribution in [0, 0.1) is 0 Å². The van der Waals surface area contributed by atoms with Gasteiger partial charge in [-0.25, -0.2) is 4.98 Å². The molecule has 0 bridgehead atoms. The summed E-state index contributed by atoms with van der Waals surface area (Å²) in [6, 6.07) is 12.6. The molecule has 0 aliphatic carbocycles. The molecule has 1 aromatic heterocycles. The summed E-state index contributed by atoms with van der Waals surface area (Å²) < 4.78 is 47.9. The number of halogens is 3. The van der Waals surface area contributed by atoms with Crippen LogP contribution in [0.2, 0.25) is 0 Å². The average Bonchev–Trinajstić information content (AvgIpc) is 3.28. The van der Waals surface area contributed by atoms with Crippen LogP contribution < -0.4 is 25.6 Å². The Hall–Kier alpha value is -4.03. The summed E-state index contributed by atoms with van der Waals surface area (Å²) >= 11 is 0. The second-order valence-electron chi connectivity index (χ2n) is 13.5. The van der Waals surface area contributed by atoms with Crippen LogP contribution in [-0.2, 0) is 18.1 Å². The van der Waals surface area contributed by atoms with Crippen LogP contribution >= 0.6 is 0 Å². The Labute approximate surface area is 275 Å². The maximum atomic E-state index is 14.0. The zero-order valence-corrected chi connectivity index (χ0v) is 27.8. The number of alkyl halides is 3. The molecule has 47 heavy (non-hydrogen) atoms. The number of likely N-dealkylation sites (tertiary alicyclic amines) is 1. The zero-order valence-electron chi connectivity index (χ0n) is 27.8. The number of piperidine rings is 1. The van der Waals surface area contributed by atoms with E-state index in [0.717, 1.165) is 67.1 Å². The molecular weight excluding hydrogens is 605 g/mol. The van der Waals surface area contributed by atoms with Crippen LogP contribution in [0.15, 0.2) is 54.9 Å². The number of aromatic nitrogens is 2. The fourth-order valence-electron chi connectivity index (χ4n) is 7.20. The van der Waals surface area contributed by atoms with Crippen LogP contribution in [0.25, 0.3) is 0 Å². The maximum absolute atomic E-state index is 14.0. The van der Waals surface area contributed by atoms with E-state index in [-0.39, 0.29) is 23.7 Å². The number of rotatable bonds is 8. The predicted molar refractivity (Wildman–Crippen MR) is 182 cm³/mol. The average molecular weight is 651 g/mol. The molecule has 0 radical (unpaired) electrons. The van der Waals surface area contributed by atoms with Crippen LogP contribution in [0.1, 0.15) is 50.3 Å². The Morgan fingerprint density at radius 2 is 1.87 bits per heavy atom. The maximum Gasteiger partial charge on any atom is 0.421 e. The van der Waals surface area contributed by atoms with E-state index >= 15 is 0 Å². The summed E-state index contributed by atoms with van der Waals surface area (Å²) in [5.74, 6) is 0.281. The van der Waals surface area contributed by atoms with Crippen LogP contribution in [-0.4, -0.2) is 78.7 Å². The van der Waals surface area contributed by atoms with Gasteiger partial charge in [0.15, 0.2) is 0 Å². The van der Waals surface area contributed by atoms with Crippen molar-refractivity contribution in [1.29, 1.82) is 0 Å². The second-order valence-corrected chi connectivity index (χ2v) is 13.5. The second kappa shape index (κ2) is 12.9. The summed E-state index contributed by atoms with van der Waals surface area (Å²) in [5, 5.41) is 9.33. The molecule has 3 aliphatic heterocycles. The van der Waals surface area contributed by atoms with Crippen LogP contribution in [0.4, 0.5) is 42.0 Å². The first-order valence-electron chi connectivity index (χ1n) is 16.3. The Morgan fingerprint density at radius 3 is 2.57 bits per heavy atom. The normalized spacial score (nSPS) is 20.6. The number of piperazine rings is 1. The van der Waals surface area contributed by atoms with Gasteiger partial charge in [-0.2, -0.15) is 18.2 Å². The molecule has 2 fully saturated rings. The minimum Gasteiger partial charge on any atom is -0.494 e. The highest BCUT2D eigenvalue weighted by Gasteiger charge is 2.37. The molecule has 3 aromatic rings. The Bertz CT molecular complexity index is 1620. The Balaban J connectivity index is 1.18. The summed E-state index contributed by atoms with van der Waals surface area (Å²) in [6.07, 6.45) is -1.41. The molecule has 0 spiro atoms. The van der Waals surface area contributed by atoms with Gasteiger partial charge in [0.1, 0.15) is 17.1 Å². The first-order chi connectivity index (χ1) is 22.3. The standard InChI is InChI=1S/C35H45F3N8O/c1-22-21-45(16-17-46(22)25-12-14-44(5)15-13-25)26-10-11-28(30(18-26)47-6)42-33-40-20-27(35(36,37)38)32(43-33)39-19-24-8-7-9-29-31(24)34(3,4)23(2)41-29/h7-11,18,20,22,25,41H,2,12-17,19,21H2,1,3-6H3,(H2,39,40,42,43)/t22-/m1/s1. The van der Waals surface area contributed by atoms with Crippen LogP contribution in [0.5, 0.6) is 5.75 Å². The molecule has 9 nitrogen and oxygen atoms in total. The first kappa shape index (κ1) is 32.9. The molecule has 1 atom stereocenters. The lowest BCUT2D eigenvalue weighted by Crippen LogP contribution is -2.57. The molecule has 4 heterocycles. The van der Waals surface area contributed by atoms with E-state index in [1.165, 1.54) is 12.8 Å². The van der Waals surface area contributed by atoms with E-state index in [4.69, 9.17) is 4.74 Å². The number of hydrogen-bond donors (Lipinski definition) is 3. The molecule has 0 unspecified atom stereocenters. The van der Waals surface area contributed by atoms with Crippen molar-refractivity contribution < 1.29 is 17.9 Å². The van der Waals surface area contributed by atoms with Gasteiger partial charge in [-0.05, 0) is 69.2 Å². The van der Waals surface area contributed by atoms with Gasteiger partial charge in [0.05, 0.1) is 12.8 Å². The Kier molecular flexibility index (Phi) is 9.01. The van der Waals surface area contributed by atoms with Crippen molar-refractivity contribution in [2.45, 2.75) is 63.8 Å². The fraction of sp³-hybridized carbons (Fsp3) is 0.486. The van der Waals surface area contributed by atoms with E-state index in [9.17, 15) is 13.2 Å². The highest BCUT2D eigenvalue weighted by Crippen LogP contribution is 2.45. The Morgan fingerprint density at radius 1 is 1.11 bits per heavy atom. The van der Waals surface area contributed by atoms with Gasteiger partial charge >= 0.3 is 6.18 Å². The lowest BCUT2D eigenvalue weighted by molar-refractivity contribution is -0.137. The number of fused-ring (bicyclic) bond motifs is 1. The van der Waals surface area contributed by atoms with Gasteiger partial charge in [0.25, 0.3) is 0 Å². The first-order valence-corrected chi connectivity index (χ1v) is 16.3. The third-order valence-electron chi connectivity index (χ3n) is 9.99. The van der Waals surface area contributed by atoms with Crippen molar-refractivity contribution in [3.05, 3.63) is 71.6 Å². The minimum absolute atomic E-state index is 0.0283. The van der Waals surface area contributed by atoms with E-state index in [1.54, 1.807) is 7.11 Å². The topological polar surface area (TPSA) is 80.8 Å². The molecule has 0 amide bonds. The lowest BCUT2D eigenvalue weighted by Gasteiger charge is -2.46. The third kappa shape index (κ3) is 6.71. The summed E-state index contributed by atoms with van der Waals surface area (Å²) in [4.78, 5) is 15.7. The SMILES string of the molecule is C=C1Nc2cccc(CNc3nc(Nc4ccc(N5CCN(C6CCN(C)CC6)[C@H](C)C5)cc4OC)ncc3C(F)(F)F)c2C1(C)C. The number of nitrogens with zero attached hydrogens (tertiary/aromatic N) is 5. The van der Waals surface area contributed by atoms with Gasteiger partial charge in [-0.1, -0.05) is 32.6 Å². The van der Waals surface area contributed by atoms with Crippen molar-refractivity contribution in [1.82, 2.24) is 19.8 Å². The smallest absolute Gasteiger partial charge is 0.421 e. The lowest BCUT2D eigenvalue weighted by atomic mass is 9.81. The minimum atomic E-state index is -4.64. The van der Waals surface area contributed by atoms with Gasteiger partial charge in [-0.3, -0.25) is 4.90 Å².